The number of aromatic nitrogens is 3. The molecule has 1 aromatic carbocycles. The number of fused-ring (bicyclic) bond motifs is 2. The third-order valence-corrected chi connectivity index (χ3v) is 5.05. The first-order valence-corrected chi connectivity index (χ1v) is 8.69. The van der Waals surface area contributed by atoms with Gasteiger partial charge in [0.1, 0.15) is 11.9 Å². The number of piperidine rings is 1. The summed E-state index contributed by atoms with van der Waals surface area (Å²) in [6, 6.07) is 8.64. The van der Waals surface area contributed by atoms with Gasteiger partial charge in [-0.15, -0.1) is 0 Å². The van der Waals surface area contributed by atoms with Crippen molar-refractivity contribution in [3.63, 3.8) is 0 Å². The fraction of sp³-hybridized carbons (Fsp3) is 0.211. The first-order chi connectivity index (χ1) is 13.1. The monoisotopic (exact) mass is 361 g/mol. The minimum absolute atomic E-state index is 0.183. The number of benzene rings is 1. The Bertz CT molecular complexity index is 1090. The number of H-pyrrole nitrogens is 1. The summed E-state index contributed by atoms with van der Waals surface area (Å²) in [5.74, 6) is -0.201. The van der Waals surface area contributed by atoms with Crippen molar-refractivity contribution >= 4 is 28.9 Å². The summed E-state index contributed by atoms with van der Waals surface area (Å²) in [7, 11) is 0. The molecular weight excluding hydrogens is 346 g/mol. The number of rotatable bonds is 2. The highest BCUT2D eigenvalue weighted by Crippen LogP contribution is 2.30. The predicted molar refractivity (Wildman–Crippen MR) is 95.4 cm³/mol. The van der Waals surface area contributed by atoms with Gasteiger partial charge in [0.05, 0.1) is 5.52 Å². The Morgan fingerprint density at radius 3 is 2.85 bits per heavy atom. The van der Waals surface area contributed by atoms with Crippen LogP contribution in [0.4, 0.5) is 0 Å². The smallest absolute Gasteiger partial charge is 0.255 e. The lowest BCUT2D eigenvalue weighted by atomic mass is 10.0. The van der Waals surface area contributed by atoms with E-state index in [2.05, 4.69) is 20.3 Å². The maximum absolute atomic E-state index is 12.7. The molecule has 2 aromatic heterocycles. The number of imidazole rings is 1. The van der Waals surface area contributed by atoms with Crippen molar-refractivity contribution in [1.29, 1.82) is 0 Å². The zero-order chi connectivity index (χ0) is 18.5. The van der Waals surface area contributed by atoms with Crippen LogP contribution in [0, 0.1) is 0 Å². The van der Waals surface area contributed by atoms with Crippen molar-refractivity contribution in [2.75, 3.05) is 0 Å². The molecule has 0 spiro atoms. The highest BCUT2D eigenvalue weighted by molar-refractivity contribution is 6.05. The third-order valence-electron chi connectivity index (χ3n) is 5.05. The zero-order valence-electron chi connectivity index (χ0n) is 14.2. The van der Waals surface area contributed by atoms with Gasteiger partial charge in [0.15, 0.2) is 5.65 Å². The van der Waals surface area contributed by atoms with Gasteiger partial charge in [-0.3, -0.25) is 19.7 Å². The molecule has 3 amide bonds. The zero-order valence-corrected chi connectivity index (χ0v) is 14.2. The lowest BCUT2D eigenvalue weighted by Gasteiger charge is -2.29. The summed E-state index contributed by atoms with van der Waals surface area (Å²) >= 11 is 0. The number of carbonyl (C=O) groups is 3. The van der Waals surface area contributed by atoms with E-state index in [0.717, 1.165) is 16.6 Å². The molecule has 134 valence electrons. The van der Waals surface area contributed by atoms with Crippen molar-refractivity contribution in [1.82, 2.24) is 25.2 Å². The molecule has 3 aromatic rings. The van der Waals surface area contributed by atoms with Crippen LogP contribution in [-0.2, 0) is 16.1 Å². The van der Waals surface area contributed by atoms with Gasteiger partial charge in [-0.2, -0.15) is 0 Å². The van der Waals surface area contributed by atoms with E-state index in [1.807, 2.05) is 24.3 Å². The van der Waals surface area contributed by atoms with Crippen LogP contribution in [0.25, 0.3) is 22.6 Å². The molecule has 0 bridgehead atoms. The van der Waals surface area contributed by atoms with E-state index in [1.165, 1.54) is 4.90 Å². The Balaban J connectivity index is 1.47. The number of imide groups is 1. The van der Waals surface area contributed by atoms with Gasteiger partial charge in [-0.1, -0.05) is 6.07 Å². The second kappa shape index (κ2) is 5.73. The molecule has 0 saturated carbocycles. The quantitative estimate of drug-likeness (QED) is 0.671. The molecule has 8 heteroatoms. The van der Waals surface area contributed by atoms with E-state index in [0.29, 0.717) is 30.0 Å². The molecule has 0 aliphatic carbocycles. The third kappa shape index (κ3) is 2.49. The summed E-state index contributed by atoms with van der Waals surface area (Å²) < 4.78 is 0. The fourth-order valence-corrected chi connectivity index (χ4v) is 3.70. The number of aromatic amines is 1. The van der Waals surface area contributed by atoms with Crippen LogP contribution >= 0.6 is 0 Å². The molecule has 1 fully saturated rings. The number of hydrogen-bond donors (Lipinski definition) is 2. The predicted octanol–water partition coefficient (Wildman–Crippen LogP) is 1.39. The van der Waals surface area contributed by atoms with Crippen LogP contribution in [-0.4, -0.2) is 43.6 Å². The molecule has 5 rings (SSSR count). The number of carbonyl (C=O) groups excluding carboxylic acids is 3. The number of amides is 3. The number of nitrogens with zero attached hydrogens (tertiary/aromatic N) is 3. The average Bonchev–Trinajstić information content (AvgIpc) is 3.23. The van der Waals surface area contributed by atoms with Crippen molar-refractivity contribution in [2.45, 2.75) is 25.4 Å². The summed E-state index contributed by atoms with van der Waals surface area (Å²) in [4.78, 5) is 49.7. The van der Waals surface area contributed by atoms with E-state index < -0.39 is 11.9 Å². The minimum atomic E-state index is -0.610. The van der Waals surface area contributed by atoms with Gasteiger partial charge in [0.25, 0.3) is 5.91 Å². The topological polar surface area (TPSA) is 108 Å². The summed E-state index contributed by atoms with van der Waals surface area (Å²) in [6.45, 7) is 0.340. The lowest BCUT2D eigenvalue weighted by molar-refractivity contribution is -0.136. The summed E-state index contributed by atoms with van der Waals surface area (Å²) in [6.07, 6.45) is 2.28. The Morgan fingerprint density at radius 1 is 1.15 bits per heavy atom. The maximum atomic E-state index is 12.7. The summed E-state index contributed by atoms with van der Waals surface area (Å²) in [5.41, 5.74) is 3.75. The molecule has 1 unspecified atom stereocenters. The van der Waals surface area contributed by atoms with Crippen LogP contribution in [0.5, 0.6) is 0 Å². The van der Waals surface area contributed by atoms with Crippen molar-refractivity contribution in [3.05, 3.63) is 47.7 Å². The van der Waals surface area contributed by atoms with Crippen molar-refractivity contribution in [3.8, 4) is 11.4 Å². The second-order valence-corrected chi connectivity index (χ2v) is 6.73. The molecule has 0 radical (unpaired) electrons. The van der Waals surface area contributed by atoms with Gasteiger partial charge < -0.3 is 9.88 Å². The molecule has 27 heavy (non-hydrogen) atoms. The van der Waals surface area contributed by atoms with Crippen LogP contribution < -0.4 is 5.32 Å². The highest BCUT2D eigenvalue weighted by atomic mass is 16.2. The number of nitrogens with one attached hydrogen (secondary N) is 2. The Morgan fingerprint density at radius 2 is 2.04 bits per heavy atom. The molecular formula is C19H15N5O3. The largest absolute Gasteiger partial charge is 0.337 e. The van der Waals surface area contributed by atoms with Gasteiger partial charge in [-0.05, 0) is 36.2 Å². The van der Waals surface area contributed by atoms with E-state index in [9.17, 15) is 14.4 Å². The van der Waals surface area contributed by atoms with E-state index in [1.54, 1.807) is 12.3 Å². The van der Waals surface area contributed by atoms with Gasteiger partial charge >= 0.3 is 0 Å². The standard InChI is InChI=1S/C19H15N5O3/c25-15-6-5-14(18(26)22-15)24-9-11-8-10(3-4-12(11)19(24)27)16-21-13-2-1-7-20-17(13)23-16/h1-4,7-8,14H,5-6,9H2,(H,20,21,23)(H,22,25,26). The number of hydrogen-bond acceptors (Lipinski definition) is 5. The van der Waals surface area contributed by atoms with Crippen molar-refractivity contribution in [2.24, 2.45) is 0 Å². The maximum Gasteiger partial charge on any atom is 0.255 e. The molecule has 1 saturated heterocycles. The first kappa shape index (κ1) is 15.7. The average molecular weight is 361 g/mol. The Labute approximate surface area is 153 Å². The highest BCUT2D eigenvalue weighted by Gasteiger charge is 2.39. The Hall–Kier alpha value is -3.55. The first-order valence-electron chi connectivity index (χ1n) is 8.69. The van der Waals surface area contributed by atoms with E-state index in [-0.39, 0.29) is 18.2 Å². The van der Waals surface area contributed by atoms with Crippen LogP contribution in [0.3, 0.4) is 0 Å². The van der Waals surface area contributed by atoms with Crippen LogP contribution in [0.2, 0.25) is 0 Å². The molecule has 2 aliphatic rings. The summed E-state index contributed by atoms with van der Waals surface area (Å²) in [5, 5.41) is 2.31. The molecule has 4 heterocycles. The molecule has 2 N–H and O–H groups in total. The molecule has 1 atom stereocenters. The second-order valence-electron chi connectivity index (χ2n) is 6.73. The van der Waals surface area contributed by atoms with Crippen LogP contribution in [0.1, 0.15) is 28.8 Å². The van der Waals surface area contributed by atoms with Gasteiger partial charge in [0.2, 0.25) is 11.8 Å². The van der Waals surface area contributed by atoms with Gasteiger partial charge in [-0.25, -0.2) is 9.97 Å². The van der Waals surface area contributed by atoms with Crippen molar-refractivity contribution < 1.29 is 14.4 Å². The molecule has 8 nitrogen and oxygen atoms in total. The molecule has 2 aliphatic heterocycles. The normalized spacial score (nSPS) is 19.5. The Kier molecular flexibility index (Phi) is 3.33. The van der Waals surface area contributed by atoms with Gasteiger partial charge in [0, 0.05) is 30.3 Å². The fourth-order valence-electron chi connectivity index (χ4n) is 3.70. The van der Waals surface area contributed by atoms with E-state index in [4.69, 9.17) is 0 Å². The van der Waals surface area contributed by atoms with Crippen LogP contribution in [0.15, 0.2) is 36.5 Å². The lowest BCUT2D eigenvalue weighted by Crippen LogP contribution is -2.52. The SMILES string of the molecule is O=C1CCC(N2Cc3cc(-c4nc5ncccc5[nH]4)ccc3C2=O)C(=O)N1. The number of pyridine rings is 1. The minimum Gasteiger partial charge on any atom is -0.337 e. The van der Waals surface area contributed by atoms with E-state index >= 15 is 0 Å².